The third-order valence-corrected chi connectivity index (χ3v) is 8.01. The summed E-state index contributed by atoms with van der Waals surface area (Å²) in [6.07, 6.45) is 10.6. The van der Waals surface area contributed by atoms with Gasteiger partial charge >= 0.3 is 5.63 Å². The number of hydrogen-bond donors (Lipinski definition) is 1. The minimum absolute atomic E-state index is 0.219. The van der Waals surface area contributed by atoms with Crippen molar-refractivity contribution < 1.29 is 9.52 Å². The van der Waals surface area contributed by atoms with Gasteiger partial charge in [-0.1, -0.05) is 6.42 Å². The third kappa shape index (κ3) is 3.91. The van der Waals surface area contributed by atoms with E-state index in [4.69, 9.17) is 4.42 Å². The van der Waals surface area contributed by atoms with Gasteiger partial charge in [0.25, 0.3) is 0 Å². The zero-order valence-corrected chi connectivity index (χ0v) is 19.1. The van der Waals surface area contributed by atoms with Crippen LogP contribution in [-0.2, 0) is 19.4 Å². The second-order valence-electron chi connectivity index (χ2n) is 10.1. The monoisotopic (exact) mass is 424 g/mol. The Morgan fingerprint density at radius 3 is 2.71 bits per heavy atom. The van der Waals surface area contributed by atoms with Crippen LogP contribution in [0.25, 0.3) is 11.0 Å². The Hall–Kier alpha value is -1.85. The number of nitrogens with zero attached hydrogens (tertiary/aromatic N) is 2. The number of piperidine rings is 2. The molecule has 0 spiro atoms. The predicted octanol–water partition coefficient (Wildman–Crippen LogP) is 4.38. The van der Waals surface area contributed by atoms with E-state index < -0.39 is 0 Å². The minimum Gasteiger partial charge on any atom is -0.507 e. The molecule has 2 aliphatic heterocycles. The van der Waals surface area contributed by atoms with E-state index in [1.165, 1.54) is 45.2 Å². The second-order valence-corrected chi connectivity index (χ2v) is 10.1. The smallest absolute Gasteiger partial charge is 0.339 e. The van der Waals surface area contributed by atoms with E-state index in [1.54, 1.807) is 0 Å². The van der Waals surface area contributed by atoms with E-state index in [1.807, 2.05) is 6.92 Å². The zero-order valence-electron chi connectivity index (χ0n) is 19.1. The molecule has 2 saturated heterocycles. The Labute approximate surface area is 185 Å². The number of aryl methyl sites for hydroxylation is 2. The lowest BCUT2D eigenvalue weighted by Gasteiger charge is -2.45. The Bertz CT molecular complexity index is 1030. The number of phenols is 1. The Balaban J connectivity index is 1.41. The summed E-state index contributed by atoms with van der Waals surface area (Å²) in [4.78, 5) is 17.6. The maximum atomic E-state index is 12.5. The molecule has 1 aromatic carbocycles. The molecule has 0 amide bonds. The minimum atomic E-state index is -0.219. The molecule has 5 nitrogen and oxygen atoms in total. The van der Waals surface area contributed by atoms with Crippen LogP contribution < -0.4 is 5.63 Å². The molecule has 0 unspecified atom stereocenters. The van der Waals surface area contributed by atoms with Crippen molar-refractivity contribution in [2.75, 3.05) is 26.7 Å². The number of benzene rings is 1. The lowest BCUT2D eigenvalue weighted by molar-refractivity contribution is 0.0434. The van der Waals surface area contributed by atoms with Crippen LogP contribution in [0.2, 0.25) is 0 Å². The molecule has 1 aliphatic carbocycles. The summed E-state index contributed by atoms with van der Waals surface area (Å²) in [5.74, 6) is 0.995. The van der Waals surface area contributed by atoms with E-state index in [0.29, 0.717) is 17.1 Å². The number of rotatable bonds is 4. The highest BCUT2D eigenvalue weighted by Gasteiger charge is 2.33. The summed E-state index contributed by atoms with van der Waals surface area (Å²) < 4.78 is 5.68. The molecule has 3 aliphatic rings. The quantitative estimate of drug-likeness (QED) is 0.738. The number of fused-ring (bicyclic) bond motifs is 4. The van der Waals surface area contributed by atoms with Gasteiger partial charge in [-0.15, -0.1) is 0 Å². The molecule has 5 heteroatoms. The predicted molar refractivity (Wildman–Crippen MR) is 124 cm³/mol. The highest BCUT2D eigenvalue weighted by Crippen LogP contribution is 2.36. The van der Waals surface area contributed by atoms with Crippen molar-refractivity contribution in [3.05, 3.63) is 38.7 Å². The van der Waals surface area contributed by atoms with Gasteiger partial charge in [0.15, 0.2) is 0 Å². The SMILES string of the molecule is Cc1c(O)c(CN(C)C[C@@H]2CCCN3CCCC[C@H]23)cc2c3c(c(=O)oc12)CCCC3. The van der Waals surface area contributed by atoms with Crippen molar-refractivity contribution >= 4 is 11.0 Å². The van der Waals surface area contributed by atoms with Gasteiger partial charge in [-0.2, -0.15) is 0 Å². The maximum Gasteiger partial charge on any atom is 0.339 e. The van der Waals surface area contributed by atoms with E-state index in [2.05, 4.69) is 22.9 Å². The van der Waals surface area contributed by atoms with E-state index in [0.717, 1.165) is 66.9 Å². The van der Waals surface area contributed by atoms with Gasteiger partial charge in [0, 0.05) is 41.2 Å². The van der Waals surface area contributed by atoms with Crippen LogP contribution in [0.5, 0.6) is 5.75 Å². The molecule has 0 bridgehead atoms. The van der Waals surface area contributed by atoms with Crippen LogP contribution in [0.3, 0.4) is 0 Å². The summed E-state index contributed by atoms with van der Waals surface area (Å²) in [5, 5.41) is 12.0. The first-order valence-electron chi connectivity index (χ1n) is 12.3. The summed E-state index contributed by atoms with van der Waals surface area (Å²) in [6.45, 7) is 6.21. The van der Waals surface area contributed by atoms with Crippen molar-refractivity contribution in [2.45, 2.75) is 77.3 Å². The fourth-order valence-corrected chi connectivity index (χ4v) is 6.46. The standard InChI is InChI=1S/C26H36N2O3/c1-17-24(29)19(14-22-20-9-3-4-10-21(20)26(30)31-25(17)22)16-27(2)15-18-8-7-13-28-12-6-5-11-23(18)28/h14,18,23,29H,3-13,15-16H2,1-2H3/t18-,23+/m0/s1. The molecule has 2 fully saturated rings. The van der Waals surface area contributed by atoms with E-state index in [9.17, 15) is 9.90 Å². The summed E-state index contributed by atoms with van der Waals surface area (Å²) in [7, 11) is 2.18. The molecule has 3 heterocycles. The maximum absolute atomic E-state index is 12.5. The first-order valence-corrected chi connectivity index (χ1v) is 12.3. The fraction of sp³-hybridized carbons (Fsp3) is 0.654. The van der Waals surface area contributed by atoms with Crippen molar-refractivity contribution in [3.63, 3.8) is 0 Å². The summed E-state index contributed by atoms with van der Waals surface area (Å²) >= 11 is 0. The van der Waals surface area contributed by atoms with Crippen LogP contribution in [0.1, 0.15) is 67.2 Å². The van der Waals surface area contributed by atoms with Gasteiger partial charge in [-0.05, 0) is 96.0 Å². The molecular formula is C26H36N2O3. The lowest BCUT2D eigenvalue weighted by atomic mass is 9.83. The topological polar surface area (TPSA) is 56.9 Å². The highest BCUT2D eigenvalue weighted by atomic mass is 16.4. The van der Waals surface area contributed by atoms with E-state index in [-0.39, 0.29) is 11.4 Å². The summed E-state index contributed by atoms with van der Waals surface area (Å²) in [6, 6.07) is 2.83. The number of phenolic OH excluding ortho intramolecular Hbond substituents is 1. The first kappa shape index (κ1) is 21.0. The molecule has 1 N–H and O–H groups in total. The van der Waals surface area contributed by atoms with Crippen LogP contribution in [-0.4, -0.2) is 47.6 Å². The van der Waals surface area contributed by atoms with Crippen LogP contribution in [0.4, 0.5) is 0 Å². The molecule has 31 heavy (non-hydrogen) atoms. The molecule has 168 valence electrons. The number of aromatic hydroxyl groups is 1. The highest BCUT2D eigenvalue weighted by molar-refractivity contribution is 5.87. The average Bonchev–Trinajstić information content (AvgIpc) is 2.78. The molecule has 2 aromatic rings. The van der Waals surface area contributed by atoms with Crippen molar-refractivity contribution in [1.29, 1.82) is 0 Å². The first-order chi connectivity index (χ1) is 15.0. The molecule has 5 rings (SSSR count). The van der Waals surface area contributed by atoms with Crippen LogP contribution in [0.15, 0.2) is 15.3 Å². The molecule has 2 atom stereocenters. The van der Waals surface area contributed by atoms with Crippen LogP contribution in [0, 0.1) is 12.8 Å². The van der Waals surface area contributed by atoms with Gasteiger partial charge in [-0.25, -0.2) is 4.79 Å². The largest absolute Gasteiger partial charge is 0.507 e. The van der Waals surface area contributed by atoms with Gasteiger partial charge < -0.3 is 19.3 Å². The Kier molecular flexibility index (Phi) is 5.82. The Morgan fingerprint density at radius 1 is 1.10 bits per heavy atom. The van der Waals surface area contributed by atoms with Crippen molar-refractivity contribution in [3.8, 4) is 5.75 Å². The fourth-order valence-electron chi connectivity index (χ4n) is 6.46. The van der Waals surface area contributed by atoms with Crippen molar-refractivity contribution in [1.82, 2.24) is 9.80 Å². The van der Waals surface area contributed by atoms with Gasteiger partial charge in [-0.3, -0.25) is 0 Å². The lowest BCUT2D eigenvalue weighted by Crippen LogP contribution is -2.50. The molecule has 1 aromatic heterocycles. The van der Waals surface area contributed by atoms with Crippen molar-refractivity contribution in [2.24, 2.45) is 5.92 Å². The zero-order chi connectivity index (χ0) is 21.5. The third-order valence-electron chi connectivity index (χ3n) is 8.01. The van der Waals surface area contributed by atoms with Gasteiger partial charge in [0.1, 0.15) is 11.3 Å². The van der Waals surface area contributed by atoms with E-state index >= 15 is 0 Å². The Morgan fingerprint density at radius 2 is 1.87 bits per heavy atom. The molecular weight excluding hydrogens is 388 g/mol. The second kappa shape index (κ2) is 8.59. The van der Waals surface area contributed by atoms with Gasteiger partial charge in [0.05, 0.1) is 0 Å². The normalized spacial score (nSPS) is 24.4. The van der Waals surface area contributed by atoms with Crippen LogP contribution >= 0.6 is 0 Å². The molecule has 0 radical (unpaired) electrons. The average molecular weight is 425 g/mol. The number of hydrogen-bond acceptors (Lipinski definition) is 5. The summed E-state index contributed by atoms with van der Waals surface area (Å²) in [5.41, 5.74) is 3.99. The molecule has 0 saturated carbocycles. The van der Waals surface area contributed by atoms with Gasteiger partial charge in [0.2, 0.25) is 0 Å².